The molecule has 4 atom stereocenters. The maximum absolute atomic E-state index is 10.5. The Morgan fingerprint density at radius 3 is 2.50 bits per heavy atom. The van der Waals surface area contributed by atoms with Crippen molar-refractivity contribution in [2.45, 2.75) is 72.8 Å². The number of rotatable bonds is 5. The largest absolute Gasteiger partial charge is 0.389 e. The SMILES string of the molecule is CCC/C(C)=C/[C@@H](O)[C@@H]1C[C@H](C)CC[C@H]1C(C)C. The third kappa shape index (κ3) is 4.42. The van der Waals surface area contributed by atoms with Gasteiger partial charge in [0.1, 0.15) is 0 Å². The Kier molecular flexibility index (Phi) is 6.42. The third-order valence-corrected chi connectivity index (χ3v) is 4.61. The van der Waals surface area contributed by atoms with E-state index in [1.165, 1.54) is 31.3 Å². The Balaban J connectivity index is 2.72. The van der Waals surface area contributed by atoms with E-state index < -0.39 is 0 Å². The molecule has 1 heteroatoms. The molecule has 0 saturated heterocycles. The fraction of sp³-hybridized carbons (Fsp3) is 0.882. The Labute approximate surface area is 114 Å². The van der Waals surface area contributed by atoms with Crippen molar-refractivity contribution >= 4 is 0 Å². The van der Waals surface area contributed by atoms with E-state index in [9.17, 15) is 5.11 Å². The Morgan fingerprint density at radius 2 is 1.94 bits per heavy atom. The molecule has 1 fully saturated rings. The minimum absolute atomic E-state index is 0.230. The predicted octanol–water partition coefficient (Wildman–Crippen LogP) is 4.80. The molecule has 1 aliphatic carbocycles. The molecule has 0 amide bonds. The van der Waals surface area contributed by atoms with Crippen LogP contribution in [0.15, 0.2) is 11.6 Å². The summed E-state index contributed by atoms with van der Waals surface area (Å²) in [4.78, 5) is 0. The quantitative estimate of drug-likeness (QED) is 0.697. The highest BCUT2D eigenvalue weighted by Gasteiger charge is 2.34. The average molecular weight is 252 g/mol. The standard InChI is InChI=1S/C17H32O/c1-6-7-13(4)11-17(18)16-10-14(5)8-9-15(16)12(2)3/h11-12,14-18H,6-10H2,1-5H3/b13-11+/t14-,15+,16-,17-/m1/s1. The van der Waals surface area contributed by atoms with Crippen molar-refractivity contribution < 1.29 is 5.11 Å². The first-order valence-corrected chi connectivity index (χ1v) is 7.81. The van der Waals surface area contributed by atoms with E-state index in [-0.39, 0.29) is 6.10 Å². The van der Waals surface area contributed by atoms with Gasteiger partial charge in [-0.3, -0.25) is 0 Å². The number of hydrogen-bond acceptors (Lipinski definition) is 1. The second-order valence-electron chi connectivity index (χ2n) is 6.74. The van der Waals surface area contributed by atoms with E-state index in [4.69, 9.17) is 0 Å². The first-order chi connectivity index (χ1) is 8.45. The van der Waals surface area contributed by atoms with E-state index in [1.807, 2.05) is 0 Å². The van der Waals surface area contributed by atoms with Crippen LogP contribution >= 0.6 is 0 Å². The van der Waals surface area contributed by atoms with Crippen LogP contribution in [-0.4, -0.2) is 11.2 Å². The highest BCUT2D eigenvalue weighted by Crippen LogP contribution is 2.40. The zero-order chi connectivity index (χ0) is 13.7. The molecule has 1 saturated carbocycles. The van der Waals surface area contributed by atoms with Gasteiger partial charge < -0.3 is 5.11 Å². The normalized spacial score (nSPS) is 31.7. The van der Waals surface area contributed by atoms with Crippen LogP contribution in [0.2, 0.25) is 0 Å². The summed E-state index contributed by atoms with van der Waals surface area (Å²) in [6, 6.07) is 0. The molecule has 0 spiro atoms. The van der Waals surface area contributed by atoms with Crippen LogP contribution in [0.4, 0.5) is 0 Å². The van der Waals surface area contributed by atoms with Crippen LogP contribution in [0.1, 0.15) is 66.7 Å². The number of aliphatic hydroxyl groups is 1. The molecule has 0 aromatic carbocycles. The van der Waals surface area contributed by atoms with E-state index >= 15 is 0 Å². The summed E-state index contributed by atoms with van der Waals surface area (Å²) in [7, 11) is 0. The van der Waals surface area contributed by atoms with Gasteiger partial charge in [0.2, 0.25) is 0 Å². The zero-order valence-electron chi connectivity index (χ0n) is 12.9. The van der Waals surface area contributed by atoms with Gasteiger partial charge >= 0.3 is 0 Å². The van der Waals surface area contributed by atoms with Crippen molar-refractivity contribution in [3.8, 4) is 0 Å². The van der Waals surface area contributed by atoms with E-state index in [0.29, 0.717) is 17.8 Å². The summed E-state index contributed by atoms with van der Waals surface area (Å²) in [6.45, 7) is 11.3. The number of hydrogen-bond donors (Lipinski definition) is 1. The monoisotopic (exact) mass is 252 g/mol. The van der Waals surface area contributed by atoms with Gasteiger partial charge in [-0.25, -0.2) is 0 Å². The smallest absolute Gasteiger partial charge is 0.0754 e. The first kappa shape index (κ1) is 15.8. The second-order valence-corrected chi connectivity index (χ2v) is 6.74. The summed E-state index contributed by atoms with van der Waals surface area (Å²) >= 11 is 0. The number of aliphatic hydroxyl groups excluding tert-OH is 1. The second kappa shape index (κ2) is 7.33. The van der Waals surface area contributed by atoms with Crippen LogP contribution in [0.5, 0.6) is 0 Å². The lowest BCUT2D eigenvalue weighted by atomic mass is 9.68. The van der Waals surface area contributed by atoms with Gasteiger partial charge in [-0.15, -0.1) is 0 Å². The van der Waals surface area contributed by atoms with Gasteiger partial charge in [-0.05, 0) is 49.9 Å². The van der Waals surface area contributed by atoms with Gasteiger partial charge in [-0.1, -0.05) is 52.2 Å². The molecule has 1 nitrogen and oxygen atoms in total. The van der Waals surface area contributed by atoms with Crippen molar-refractivity contribution in [3.05, 3.63) is 11.6 Å². The van der Waals surface area contributed by atoms with Gasteiger partial charge in [-0.2, -0.15) is 0 Å². The minimum Gasteiger partial charge on any atom is -0.389 e. The molecule has 106 valence electrons. The van der Waals surface area contributed by atoms with Crippen molar-refractivity contribution in [1.82, 2.24) is 0 Å². The van der Waals surface area contributed by atoms with Crippen LogP contribution in [0.3, 0.4) is 0 Å². The van der Waals surface area contributed by atoms with Crippen molar-refractivity contribution in [2.75, 3.05) is 0 Å². The molecule has 0 heterocycles. The van der Waals surface area contributed by atoms with Crippen LogP contribution in [0, 0.1) is 23.7 Å². The summed E-state index contributed by atoms with van der Waals surface area (Å²) in [5.41, 5.74) is 1.35. The highest BCUT2D eigenvalue weighted by molar-refractivity contribution is 5.04. The molecule has 18 heavy (non-hydrogen) atoms. The van der Waals surface area contributed by atoms with Crippen molar-refractivity contribution in [1.29, 1.82) is 0 Å². The molecule has 0 aliphatic heterocycles. The summed E-state index contributed by atoms with van der Waals surface area (Å²) in [5.74, 6) is 2.64. The van der Waals surface area contributed by atoms with E-state index in [0.717, 1.165) is 12.3 Å². The third-order valence-electron chi connectivity index (χ3n) is 4.61. The topological polar surface area (TPSA) is 20.2 Å². The zero-order valence-corrected chi connectivity index (χ0v) is 12.9. The van der Waals surface area contributed by atoms with Crippen LogP contribution in [-0.2, 0) is 0 Å². The molecule has 0 aromatic heterocycles. The van der Waals surface area contributed by atoms with Crippen LogP contribution in [0.25, 0.3) is 0 Å². The molecule has 0 unspecified atom stereocenters. The fourth-order valence-electron chi connectivity index (χ4n) is 3.56. The molecule has 1 rings (SSSR count). The Bertz CT molecular complexity index is 267. The Morgan fingerprint density at radius 1 is 1.28 bits per heavy atom. The lowest BCUT2D eigenvalue weighted by Crippen LogP contribution is -2.35. The maximum Gasteiger partial charge on any atom is 0.0754 e. The first-order valence-electron chi connectivity index (χ1n) is 7.81. The van der Waals surface area contributed by atoms with Crippen molar-refractivity contribution in [3.63, 3.8) is 0 Å². The fourth-order valence-corrected chi connectivity index (χ4v) is 3.56. The molecule has 0 radical (unpaired) electrons. The summed E-state index contributed by atoms with van der Waals surface area (Å²) in [6.07, 6.45) is 8.01. The lowest BCUT2D eigenvalue weighted by molar-refractivity contribution is 0.0422. The Hall–Kier alpha value is -0.300. The molecule has 1 N–H and O–H groups in total. The minimum atomic E-state index is -0.230. The maximum atomic E-state index is 10.5. The molecular weight excluding hydrogens is 220 g/mol. The molecule has 1 aliphatic rings. The van der Waals surface area contributed by atoms with Crippen LogP contribution < -0.4 is 0 Å². The molecule has 0 bridgehead atoms. The van der Waals surface area contributed by atoms with Gasteiger partial charge in [0.15, 0.2) is 0 Å². The van der Waals surface area contributed by atoms with E-state index in [2.05, 4.69) is 40.7 Å². The predicted molar refractivity (Wildman–Crippen MR) is 79.5 cm³/mol. The van der Waals surface area contributed by atoms with E-state index in [1.54, 1.807) is 0 Å². The van der Waals surface area contributed by atoms with Crippen molar-refractivity contribution in [2.24, 2.45) is 23.7 Å². The highest BCUT2D eigenvalue weighted by atomic mass is 16.3. The van der Waals surface area contributed by atoms with Gasteiger partial charge in [0, 0.05) is 0 Å². The molecule has 0 aromatic rings. The average Bonchev–Trinajstić information content (AvgIpc) is 2.28. The number of allylic oxidation sites excluding steroid dienone is 1. The summed E-state index contributed by atoms with van der Waals surface area (Å²) in [5, 5.41) is 10.5. The van der Waals surface area contributed by atoms with Gasteiger partial charge in [0.05, 0.1) is 6.10 Å². The van der Waals surface area contributed by atoms with Gasteiger partial charge in [0.25, 0.3) is 0 Å². The molecular formula is C17H32O. The lowest BCUT2D eigenvalue weighted by Gasteiger charge is -2.39. The summed E-state index contributed by atoms with van der Waals surface area (Å²) < 4.78 is 0.